The Labute approximate surface area is 129 Å². The van der Waals surface area contributed by atoms with Crippen LogP contribution in [-0.4, -0.2) is 27.2 Å². The fourth-order valence-corrected chi connectivity index (χ4v) is 2.88. The minimum Gasteiger partial charge on any atom is -1.00 e. The Morgan fingerprint density at radius 2 is 2.00 bits per heavy atom. The molecule has 0 spiro atoms. The molecule has 20 heavy (non-hydrogen) atoms. The summed E-state index contributed by atoms with van der Waals surface area (Å²) < 4.78 is 2.19. The van der Waals surface area contributed by atoms with Crippen LogP contribution in [0.15, 0.2) is 11.7 Å². The molecule has 2 aromatic rings. The molecule has 0 unspecified atom stereocenters. The second-order valence-corrected chi connectivity index (χ2v) is 5.30. The van der Waals surface area contributed by atoms with Gasteiger partial charge < -0.3 is 23.0 Å². The zero-order chi connectivity index (χ0) is 13.1. The van der Waals surface area contributed by atoms with E-state index in [-0.39, 0.29) is 24.5 Å². The average molecular weight is 318 g/mol. The SMILES string of the molecule is Cc1ncc(C[n+]2csc(CCO)c2C)c(C)n1.O.[Cl-]. The summed E-state index contributed by atoms with van der Waals surface area (Å²) in [7, 11) is 0. The number of aliphatic hydroxyl groups excluding tert-OH is 1. The lowest BCUT2D eigenvalue weighted by molar-refractivity contribution is -0.689. The summed E-state index contributed by atoms with van der Waals surface area (Å²) in [5.74, 6) is 0.810. The molecule has 2 aromatic heterocycles. The van der Waals surface area contributed by atoms with Gasteiger partial charge in [-0.2, -0.15) is 4.57 Å². The molecule has 0 radical (unpaired) electrons. The molecule has 5 nitrogen and oxygen atoms in total. The monoisotopic (exact) mass is 317 g/mol. The van der Waals surface area contributed by atoms with Crippen molar-refractivity contribution in [3.8, 4) is 0 Å². The summed E-state index contributed by atoms with van der Waals surface area (Å²) in [4.78, 5) is 9.87. The summed E-state index contributed by atoms with van der Waals surface area (Å²) in [6.45, 7) is 7.00. The van der Waals surface area contributed by atoms with Crippen LogP contribution in [0.25, 0.3) is 0 Å². The molecule has 0 atom stereocenters. The van der Waals surface area contributed by atoms with Crippen LogP contribution in [-0.2, 0) is 13.0 Å². The number of thiazole rings is 1. The van der Waals surface area contributed by atoms with Gasteiger partial charge in [-0.1, -0.05) is 11.3 Å². The van der Waals surface area contributed by atoms with Gasteiger partial charge in [-0.3, -0.25) is 0 Å². The van der Waals surface area contributed by atoms with Gasteiger partial charge in [0.15, 0.2) is 12.2 Å². The van der Waals surface area contributed by atoms with Crippen molar-refractivity contribution in [3.63, 3.8) is 0 Å². The van der Waals surface area contributed by atoms with E-state index in [0.717, 1.165) is 30.0 Å². The molecule has 112 valence electrons. The first-order valence-electron chi connectivity index (χ1n) is 5.98. The molecule has 2 rings (SSSR count). The summed E-state index contributed by atoms with van der Waals surface area (Å²) in [6, 6.07) is 0. The minimum absolute atomic E-state index is 0. The summed E-state index contributed by atoms with van der Waals surface area (Å²) >= 11 is 1.69. The second-order valence-electron chi connectivity index (χ2n) is 4.36. The van der Waals surface area contributed by atoms with E-state index in [2.05, 4.69) is 27.0 Å². The van der Waals surface area contributed by atoms with Gasteiger partial charge in [-0.15, -0.1) is 0 Å². The van der Waals surface area contributed by atoms with Gasteiger partial charge in [0.05, 0.1) is 16.1 Å². The first-order valence-corrected chi connectivity index (χ1v) is 6.86. The van der Waals surface area contributed by atoms with Crippen LogP contribution in [0.4, 0.5) is 0 Å². The molecule has 0 aliphatic heterocycles. The van der Waals surface area contributed by atoms with Crippen LogP contribution >= 0.6 is 11.3 Å². The van der Waals surface area contributed by atoms with E-state index in [4.69, 9.17) is 5.11 Å². The van der Waals surface area contributed by atoms with Gasteiger partial charge in [0.25, 0.3) is 0 Å². The third-order valence-electron chi connectivity index (χ3n) is 3.04. The van der Waals surface area contributed by atoms with E-state index in [1.807, 2.05) is 20.0 Å². The number of rotatable bonds is 4. The molecule has 0 saturated heterocycles. The Morgan fingerprint density at radius 3 is 2.60 bits per heavy atom. The molecule has 3 N–H and O–H groups in total. The largest absolute Gasteiger partial charge is 1.00 e. The van der Waals surface area contributed by atoms with E-state index in [1.165, 1.54) is 10.6 Å². The lowest BCUT2D eigenvalue weighted by Crippen LogP contribution is -3.00. The minimum atomic E-state index is 0. The van der Waals surface area contributed by atoms with Crippen LogP contribution in [0, 0.1) is 20.8 Å². The van der Waals surface area contributed by atoms with E-state index in [1.54, 1.807) is 11.3 Å². The smallest absolute Gasteiger partial charge is 0.225 e. The summed E-state index contributed by atoms with van der Waals surface area (Å²) in [5.41, 5.74) is 5.49. The Balaban J connectivity index is 0.00000180. The maximum atomic E-state index is 9.00. The zero-order valence-corrected chi connectivity index (χ0v) is 13.4. The van der Waals surface area contributed by atoms with E-state index in [9.17, 15) is 0 Å². The highest BCUT2D eigenvalue weighted by atomic mass is 35.5. The van der Waals surface area contributed by atoms with Gasteiger partial charge in [0.1, 0.15) is 5.82 Å². The molecule has 0 bridgehead atoms. The molecule has 0 aliphatic rings. The first-order chi connectivity index (χ1) is 8.61. The van der Waals surface area contributed by atoms with Crippen molar-refractivity contribution in [2.24, 2.45) is 0 Å². The van der Waals surface area contributed by atoms with E-state index in [0.29, 0.717) is 0 Å². The first kappa shape index (κ1) is 18.9. The Kier molecular flexibility index (Phi) is 7.82. The van der Waals surface area contributed by atoms with E-state index < -0.39 is 0 Å². The van der Waals surface area contributed by atoms with Gasteiger partial charge >= 0.3 is 0 Å². The highest BCUT2D eigenvalue weighted by Crippen LogP contribution is 2.12. The maximum Gasteiger partial charge on any atom is 0.225 e. The van der Waals surface area contributed by atoms with Crippen molar-refractivity contribution >= 4 is 11.3 Å². The van der Waals surface area contributed by atoms with Gasteiger partial charge in [0, 0.05) is 26.1 Å². The van der Waals surface area contributed by atoms with Crippen molar-refractivity contribution in [3.05, 3.63) is 39.4 Å². The number of aromatic nitrogens is 3. The van der Waals surface area contributed by atoms with Crippen molar-refractivity contribution in [2.45, 2.75) is 33.7 Å². The topological polar surface area (TPSA) is 81.4 Å². The molecule has 0 aromatic carbocycles. The van der Waals surface area contributed by atoms with Crippen LogP contribution < -0.4 is 17.0 Å². The highest BCUT2D eigenvalue weighted by Gasteiger charge is 2.16. The van der Waals surface area contributed by atoms with Crippen molar-refractivity contribution < 1.29 is 27.6 Å². The molecule has 0 saturated carbocycles. The van der Waals surface area contributed by atoms with Gasteiger partial charge in [-0.05, 0) is 13.8 Å². The van der Waals surface area contributed by atoms with Crippen molar-refractivity contribution in [1.82, 2.24) is 9.97 Å². The summed E-state index contributed by atoms with van der Waals surface area (Å²) in [5, 5.41) is 9.00. The van der Waals surface area contributed by atoms with Gasteiger partial charge in [0.2, 0.25) is 5.51 Å². The molecular formula is C13H20ClN3O2S. The number of aryl methyl sites for hydroxylation is 2. The van der Waals surface area contributed by atoms with E-state index >= 15 is 0 Å². The molecule has 0 aliphatic carbocycles. The van der Waals surface area contributed by atoms with Crippen LogP contribution in [0.1, 0.15) is 27.7 Å². The third kappa shape index (κ3) is 4.21. The Bertz CT molecular complexity index is 561. The number of aliphatic hydroxyl groups is 1. The standard InChI is InChI=1S/C13H18N3OS.ClH.H2O/c1-9-12(6-14-11(3)15-9)7-16-8-18-13(4-5-17)10(16)2;;/h6,8,17H,4-5,7H2,1-3H3;1H;1H2/q+1;;/p-1. The normalized spacial score (nSPS) is 9.80. The lowest BCUT2D eigenvalue weighted by atomic mass is 10.2. The lowest BCUT2D eigenvalue weighted by Gasteiger charge is -2.02. The summed E-state index contributed by atoms with van der Waals surface area (Å²) in [6.07, 6.45) is 2.63. The highest BCUT2D eigenvalue weighted by molar-refractivity contribution is 7.09. The van der Waals surface area contributed by atoms with Crippen LogP contribution in [0.3, 0.4) is 0 Å². The molecule has 2 heterocycles. The predicted molar refractivity (Wildman–Crippen MR) is 74.3 cm³/mol. The van der Waals surface area contributed by atoms with Crippen molar-refractivity contribution in [2.75, 3.05) is 6.61 Å². The third-order valence-corrected chi connectivity index (χ3v) is 4.18. The molecule has 0 amide bonds. The Morgan fingerprint density at radius 1 is 1.30 bits per heavy atom. The number of hydrogen-bond donors (Lipinski definition) is 1. The number of halogens is 1. The molecular weight excluding hydrogens is 298 g/mol. The number of hydrogen-bond acceptors (Lipinski definition) is 4. The fourth-order valence-electron chi connectivity index (χ4n) is 1.90. The maximum absolute atomic E-state index is 9.00. The Hall–Kier alpha value is -1.08. The van der Waals surface area contributed by atoms with Crippen LogP contribution in [0.2, 0.25) is 0 Å². The average Bonchev–Trinajstić information content (AvgIpc) is 2.66. The second kappa shape index (κ2) is 8.26. The van der Waals surface area contributed by atoms with Crippen molar-refractivity contribution in [1.29, 1.82) is 0 Å². The van der Waals surface area contributed by atoms with Gasteiger partial charge in [-0.25, -0.2) is 9.97 Å². The fraction of sp³-hybridized carbons (Fsp3) is 0.462. The molecule has 7 heteroatoms. The molecule has 0 fully saturated rings. The quantitative estimate of drug-likeness (QED) is 0.634. The predicted octanol–water partition coefficient (Wildman–Crippen LogP) is -2.49. The zero-order valence-electron chi connectivity index (χ0n) is 11.9. The van der Waals surface area contributed by atoms with Crippen LogP contribution in [0.5, 0.6) is 0 Å². The number of nitrogens with zero attached hydrogens (tertiary/aromatic N) is 3.